The fourth-order valence-electron chi connectivity index (χ4n) is 3.29. The van der Waals surface area contributed by atoms with Gasteiger partial charge in [0.05, 0.1) is 6.07 Å². The van der Waals surface area contributed by atoms with Crippen molar-refractivity contribution in [1.82, 2.24) is 10.2 Å². The van der Waals surface area contributed by atoms with Gasteiger partial charge in [-0.05, 0) is 70.4 Å². The van der Waals surface area contributed by atoms with Crippen molar-refractivity contribution in [3.63, 3.8) is 0 Å². The Hall–Kier alpha value is -0.590. The summed E-state index contributed by atoms with van der Waals surface area (Å²) < 4.78 is 0. The molecule has 0 spiro atoms. The lowest BCUT2D eigenvalue weighted by Gasteiger charge is -2.28. The van der Waals surface area contributed by atoms with Crippen LogP contribution in [0.2, 0.25) is 0 Å². The van der Waals surface area contributed by atoms with E-state index in [9.17, 15) is 5.26 Å². The van der Waals surface area contributed by atoms with E-state index in [2.05, 4.69) is 37.1 Å². The molecule has 3 nitrogen and oxygen atoms in total. The van der Waals surface area contributed by atoms with Crippen molar-refractivity contribution in [3.05, 3.63) is 0 Å². The van der Waals surface area contributed by atoms with E-state index in [1.807, 2.05) is 0 Å². The van der Waals surface area contributed by atoms with Crippen molar-refractivity contribution in [3.8, 4) is 6.07 Å². The molecule has 20 heavy (non-hydrogen) atoms. The summed E-state index contributed by atoms with van der Waals surface area (Å²) in [6.45, 7) is 10.3. The van der Waals surface area contributed by atoms with Crippen molar-refractivity contribution < 1.29 is 0 Å². The minimum absolute atomic E-state index is 0.328. The van der Waals surface area contributed by atoms with Crippen LogP contribution in [0.25, 0.3) is 0 Å². The second-order valence-electron chi connectivity index (χ2n) is 7.39. The molecule has 0 radical (unpaired) electrons. The van der Waals surface area contributed by atoms with Gasteiger partial charge >= 0.3 is 0 Å². The molecule has 1 N–H and O–H groups in total. The topological polar surface area (TPSA) is 39.1 Å². The van der Waals surface area contributed by atoms with Crippen LogP contribution in [0.4, 0.5) is 0 Å². The quantitative estimate of drug-likeness (QED) is 0.810. The summed E-state index contributed by atoms with van der Waals surface area (Å²) in [7, 11) is 0. The van der Waals surface area contributed by atoms with Gasteiger partial charge in [0.25, 0.3) is 0 Å². The molecule has 0 bridgehead atoms. The van der Waals surface area contributed by atoms with Crippen LogP contribution in [0, 0.1) is 23.2 Å². The van der Waals surface area contributed by atoms with Crippen LogP contribution in [-0.2, 0) is 0 Å². The van der Waals surface area contributed by atoms with E-state index in [0.717, 1.165) is 24.8 Å². The highest BCUT2D eigenvalue weighted by Crippen LogP contribution is 2.26. The van der Waals surface area contributed by atoms with Crippen LogP contribution in [0.1, 0.15) is 59.3 Å². The molecule has 2 atom stereocenters. The molecule has 2 aliphatic rings. The molecular formula is C17H31N3. The summed E-state index contributed by atoms with van der Waals surface area (Å²) in [5.41, 5.74) is -0.328. The van der Waals surface area contributed by atoms with Crippen molar-refractivity contribution >= 4 is 0 Å². The zero-order chi connectivity index (χ0) is 14.6. The molecule has 0 aromatic carbocycles. The second kappa shape index (κ2) is 6.91. The first-order chi connectivity index (χ1) is 9.52. The van der Waals surface area contributed by atoms with E-state index in [4.69, 9.17) is 0 Å². The summed E-state index contributed by atoms with van der Waals surface area (Å²) in [4.78, 5) is 2.58. The van der Waals surface area contributed by atoms with Gasteiger partial charge in [0.1, 0.15) is 5.54 Å². The van der Waals surface area contributed by atoms with Gasteiger partial charge in [0.2, 0.25) is 0 Å². The molecule has 1 aliphatic heterocycles. The lowest BCUT2D eigenvalue weighted by atomic mass is 9.89. The molecule has 0 aromatic heterocycles. The zero-order valence-corrected chi connectivity index (χ0v) is 13.5. The Morgan fingerprint density at radius 3 is 2.60 bits per heavy atom. The number of hydrogen-bond acceptors (Lipinski definition) is 3. The molecule has 2 fully saturated rings. The highest BCUT2D eigenvalue weighted by Gasteiger charge is 2.32. The predicted molar refractivity (Wildman–Crippen MR) is 83.4 cm³/mol. The van der Waals surface area contributed by atoms with E-state index in [1.165, 1.54) is 45.2 Å². The fourth-order valence-corrected chi connectivity index (χ4v) is 3.29. The van der Waals surface area contributed by atoms with Gasteiger partial charge in [-0.3, -0.25) is 5.32 Å². The normalized spacial score (nSPS) is 27.9. The number of likely N-dealkylation sites (tertiary alicyclic amines) is 1. The van der Waals surface area contributed by atoms with Crippen LogP contribution >= 0.6 is 0 Å². The smallest absolute Gasteiger partial charge is 0.105 e. The van der Waals surface area contributed by atoms with E-state index < -0.39 is 0 Å². The van der Waals surface area contributed by atoms with Gasteiger partial charge in [-0.2, -0.15) is 5.26 Å². The maximum atomic E-state index is 9.43. The van der Waals surface area contributed by atoms with Gasteiger partial charge in [0, 0.05) is 12.6 Å². The Bertz CT molecular complexity index is 343. The lowest BCUT2D eigenvalue weighted by Crippen LogP contribution is -2.45. The zero-order valence-electron chi connectivity index (χ0n) is 13.5. The molecule has 2 rings (SSSR count). The number of rotatable bonds is 6. The van der Waals surface area contributed by atoms with Crippen LogP contribution in [0.15, 0.2) is 0 Å². The summed E-state index contributed by atoms with van der Waals surface area (Å²) >= 11 is 0. The molecule has 0 amide bonds. The van der Waals surface area contributed by atoms with Crippen LogP contribution in [-0.4, -0.2) is 36.1 Å². The van der Waals surface area contributed by atoms with Crippen molar-refractivity contribution in [2.75, 3.05) is 19.6 Å². The van der Waals surface area contributed by atoms with Gasteiger partial charge in [0.15, 0.2) is 0 Å². The Morgan fingerprint density at radius 2 is 2.00 bits per heavy atom. The number of nitrogens with one attached hydrogen (secondary N) is 1. The Kier molecular flexibility index (Phi) is 5.46. The molecule has 1 saturated carbocycles. The van der Waals surface area contributed by atoms with E-state index >= 15 is 0 Å². The monoisotopic (exact) mass is 277 g/mol. The molecule has 114 valence electrons. The van der Waals surface area contributed by atoms with Crippen molar-refractivity contribution in [1.29, 1.82) is 5.26 Å². The average molecular weight is 277 g/mol. The summed E-state index contributed by atoms with van der Waals surface area (Å²) in [6.07, 6.45) is 7.48. The minimum atomic E-state index is -0.328. The first kappa shape index (κ1) is 15.8. The maximum absolute atomic E-state index is 9.43. The molecule has 1 saturated heterocycles. The Labute approximate surface area is 124 Å². The minimum Gasteiger partial charge on any atom is -0.303 e. The molecule has 1 aliphatic carbocycles. The molecule has 1 heterocycles. The van der Waals surface area contributed by atoms with Crippen LogP contribution in [0.3, 0.4) is 0 Å². The standard InChI is InChI=1S/C17H31N3/c1-14(2)15-5-4-10-20(11-8-15)12-9-17(3,13-18)19-16-6-7-16/h14-16,19H,4-12H2,1-3H3. The highest BCUT2D eigenvalue weighted by molar-refractivity contribution is 5.07. The van der Waals surface area contributed by atoms with Crippen LogP contribution < -0.4 is 5.32 Å². The van der Waals surface area contributed by atoms with E-state index in [0.29, 0.717) is 6.04 Å². The number of nitrogens with zero attached hydrogens (tertiary/aromatic N) is 2. The number of hydrogen-bond donors (Lipinski definition) is 1. The van der Waals surface area contributed by atoms with Gasteiger partial charge in [-0.1, -0.05) is 13.8 Å². The van der Waals surface area contributed by atoms with Gasteiger partial charge < -0.3 is 4.90 Å². The first-order valence-corrected chi connectivity index (χ1v) is 8.44. The second-order valence-corrected chi connectivity index (χ2v) is 7.39. The molecule has 0 aromatic rings. The summed E-state index contributed by atoms with van der Waals surface area (Å²) in [5.74, 6) is 1.71. The highest BCUT2D eigenvalue weighted by atomic mass is 15.1. The van der Waals surface area contributed by atoms with E-state index in [1.54, 1.807) is 0 Å². The Morgan fingerprint density at radius 1 is 1.25 bits per heavy atom. The van der Waals surface area contributed by atoms with Crippen molar-refractivity contribution in [2.24, 2.45) is 11.8 Å². The lowest BCUT2D eigenvalue weighted by molar-refractivity contribution is 0.244. The van der Waals surface area contributed by atoms with Gasteiger partial charge in [-0.25, -0.2) is 0 Å². The average Bonchev–Trinajstić information content (AvgIpc) is 3.22. The summed E-state index contributed by atoms with van der Waals surface area (Å²) in [5, 5.41) is 12.9. The van der Waals surface area contributed by atoms with Crippen molar-refractivity contribution in [2.45, 2.75) is 70.9 Å². The summed E-state index contributed by atoms with van der Waals surface area (Å²) in [6, 6.07) is 3.10. The fraction of sp³-hybridized carbons (Fsp3) is 0.941. The molecule has 2 unspecified atom stereocenters. The maximum Gasteiger partial charge on any atom is 0.105 e. The number of nitriles is 1. The third-order valence-electron chi connectivity index (χ3n) is 5.08. The molecular weight excluding hydrogens is 246 g/mol. The Balaban J connectivity index is 1.76. The molecule has 3 heteroatoms. The SMILES string of the molecule is CC(C)C1CCCN(CCC(C)(C#N)NC2CC2)CC1. The predicted octanol–water partition coefficient (Wildman–Crippen LogP) is 3.17. The van der Waals surface area contributed by atoms with E-state index in [-0.39, 0.29) is 5.54 Å². The third-order valence-corrected chi connectivity index (χ3v) is 5.08. The largest absolute Gasteiger partial charge is 0.303 e. The van der Waals surface area contributed by atoms with Crippen LogP contribution in [0.5, 0.6) is 0 Å². The van der Waals surface area contributed by atoms with Gasteiger partial charge in [-0.15, -0.1) is 0 Å². The third kappa shape index (κ3) is 4.75. The first-order valence-electron chi connectivity index (χ1n) is 8.44.